The Morgan fingerprint density at radius 3 is 2.90 bits per heavy atom. The quantitative estimate of drug-likeness (QED) is 0.748. The van der Waals surface area contributed by atoms with Gasteiger partial charge in [-0.15, -0.1) is 11.3 Å². The molecule has 0 fully saturated rings. The summed E-state index contributed by atoms with van der Waals surface area (Å²) in [7, 11) is 0. The summed E-state index contributed by atoms with van der Waals surface area (Å²) in [6.07, 6.45) is 1.65. The minimum atomic E-state index is 0.0572. The molecule has 1 N–H and O–H groups in total. The molecule has 110 valence electrons. The minimum Gasteiger partial charge on any atom is -0.314 e. The Balaban J connectivity index is 1.81. The van der Waals surface area contributed by atoms with E-state index >= 15 is 0 Å². The van der Waals surface area contributed by atoms with E-state index in [9.17, 15) is 4.79 Å². The van der Waals surface area contributed by atoms with E-state index < -0.39 is 0 Å². The van der Waals surface area contributed by atoms with Crippen LogP contribution in [0, 0.1) is 0 Å². The number of aromatic nitrogens is 2. The molecule has 20 heavy (non-hydrogen) atoms. The molecule has 0 amide bonds. The van der Waals surface area contributed by atoms with E-state index in [0.29, 0.717) is 6.54 Å². The minimum absolute atomic E-state index is 0.0572. The molecule has 0 saturated carbocycles. The molecule has 2 aromatic rings. The number of likely N-dealkylation sites (N-methyl/N-ethyl adjacent to an activating group) is 1. The van der Waals surface area contributed by atoms with Gasteiger partial charge in [-0.1, -0.05) is 13.8 Å². The van der Waals surface area contributed by atoms with Crippen molar-refractivity contribution in [3.63, 3.8) is 0 Å². The molecule has 0 aliphatic carbocycles. The predicted molar refractivity (Wildman–Crippen MR) is 84.5 cm³/mol. The number of hydrogen-bond acceptors (Lipinski definition) is 5. The van der Waals surface area contributed by atoms with Crippen LogP contribution in [0.15, 0.2) is 22.6 Å². The fourth-order valence-corrected chi connectivity index (χ4v) is 2.88. The van der Waals surface area contributed by atoms with Gasteiger partial charge >= 0.3 is 0 Å². The first-order chi connectivity index (χ1) is 9.76. The lowest BCUT2D eigenvalue weighted by Crippen LogP contribution is -2.34. The second-order valence-electron chi connectivity index (χ2n) is 4.66. The third-order valence-corrected chi connectivity index (χ3v) is 4.30. The second-order valence-corrected chi connectivity index (χ2v) is 5.55. The monoisotopic (exact) mass is 294 g/mol. The summed E-state index contributed by atoms with van der Waals surface area (Å²) >= 11 is 1.50. The van der Waals surface area contributed by atoms with E-state index in [2.05, 4.69) is 29.0 Å². The SMILES string of the molecule is CCN(CC)CCNCCn1cnc2sccc2c1=O. The van der Waals surface area contributed by atoms with Gasteiger partial charge in [0.05, 0.1) is 11.7 Å². The average molecular weight is 294 g/mol. The van der Waals surface area contributed by atoms with Crippen molar-refractivity contribution >= 4 is 21.6 Å². The van der Waals surface area contributed by atoms with Gasteiger partial charge in [0.15, 0.2) is 0 Å². The van der Waals surface area contributed by atoms with Crippen molar-refractivity contribution in [1.29, 1.82) is 0 Å². The largest absolute Gasteiger partial charge is 0.314 e. The third kappa shape index (κ3) is 3.65. The van der Waals surface area contributed by atoms with Gasteiger partial charge in [-0.05, 0) is 24.5 Å². The molecule has 0 atom stereocenters. The molecule has 6 heteroatoms. The molecular formula is C14H22N4OS. The highest BCUT2D eigenvalue weighted by Crippen LogP contribution is 2.12. The maximum absolute atomic E-state index is 12.1. The van der Waals surface area contributed by atoms with Crippen LogP contribution in [-0.2, 0) is 6.54 Å². The molecule has 0 aliphatic heterocycles. The van der Waals surface area contributed by atoms with Crippen LogP contribution in [0.3, 0.4) is 0 Å². The van der Waals surface area contributed by atoms with Crippen LogP contribution < -0.4 is 10.9 Å². The lowest BCUT2D eigenvalue weighted by atomic mass is 10.4. The molecule has 0 spiro atoms. The highest BCUT2D eigenvalue weighted by atomic mass is 32.1. The Morgan fingerprint density at radius 1 is 1.35 bits per heavy atom. The summed E-state index contributed by atoms with van der Waals surface area (Å²) in [5.41, 5.74) is 0.0572. The van der Waals surface area contributed by atoms with E-state index in [1.807, 2.05) is 11.4 Å². The summed E-state index contributed by atoms with van der Waals surface area (Å²) in [6.45, 7) is 9.95. The van der Waals surface area contributed by atoms with Gasteiger partial charge in [0.1, 0.15) is 4.83 Å². The molecule has 0 radical (unpaired) electrons. The summed E-state index contributed by atoms with van der Waals surface area (Å²) in [4.78, 5) is 19.6. The summed E-state index contributed by atoms with van der Waals surface area (Å²) in [5.74, 6) is 0. The zero-order chi connectivity index (χ0) is 14.4. The Labute approximate surface area is 123 Å². The number of nitrogens with zero attached hydrogens (tertiary/aromatic N) is 3. The van der Waals surface area contributed by atoms with Crippen LogP contribution in [0.1, 0.15) is 13.8 Å². The number of thiophene rings is 1. The van der Waals surface area contributed by atoms with Crippen molar-refractivity contribution in [2.45, 2.75) is 20.4 Å². The average Bonchev–Trinajstić information content (AvgIpc) is 2.94. The molecule has 2 heterocycles. The Kier molecular flexibility index (Phi) is 5.70. The molecule has 0 unspecified atom stereocenters. The van der Waals surface area contributed by atoms with E-state index in [-0.39, 0.29) is 5.56 Å². The number of hydrogen-bond donors (Lipinski definition) is 1. The normalized spacial score (nSPS) is 11.6. The van der Waals surface area contributed by atoms with E-state index in [1.54, 1.807) is 10.9 Å². The van der Waals surface area contributed by atoms with Crippen LogP contribution in [0.25, 0.3) is 10.2 Å². The fraction of sp³-hybridized carbons (Fsp3) is 0.571. The zero-order valence-electron chi connectivity index (χ0n) is 12.1. The first-order valence-electron chi connectivity index (χ1n) is 7.12. The van der Waals surface area contributed by atoms with Gasteiger partial charge < -0.3 is 10.2 Å². The van der Waals surface area contributed by atoms with Crippen LogP contribution in [0.2, 0.25) is 0 Å². The Bertz CT molecular complexity index is 588. The van der Waals surface area contributed by atoms with E-state index in [0.717, 1.165) is 42.9 Å². The zero-order valence-corrected chi connectivity index (χ0v) is 12.9. The van der Waals surface area contributed by atoms with Crippen molar-refractivity contribution in [1.82, 2.24) is 19.8 Å². The Hall–Kier alpha value is -1.24. The molecule has 5 nitrogen and oxygen atoms in total. The molecule has 2 aromatic heterocycles. The summed E-state index contributed by atoms with van der Waals surface area (Å²) in [5, 5.41) is 6.01. The van der Waals surface area contributed by atoms with Gasteiger partial charge in [0.25, 0.3) is 5.56 Å². The van der Waals surface area contributed by atoms with Crippen LogP contribution in [0.4, 0.5) is 0 Å². The van der Waals surface area contributed by atoms with E-state index in [4.69, 9.17) is 0 Å². The lowest BCUT2D eigenvalue weighted by Gasteiger charge is -2.18. The van der Waals surface area contributed by atoms with Crippen molar-refractivity contribution in [2.24, 2.45) is 0 Å². The maximum Gasteiger partial charge on any atom is 0.262 e. The van der Waals surface area contributed by atoms with Gasteiger partial charge in [-0.25, -0.2) is 4.98 Å². The summed E-state index contributed by atoms with van der Waals surface area (Å²) in [6, 6.07) is 1.85. The van der Waals surface area contributed by atoms with Crippen molar-refractivity contribution in [3.8, 4) is 0 Å². The fourth-order valence-electron chi connectivity index (χ4n) is 2.15. The molecular weight excluding hydrogens is 272 g/mol. The second kappa shape index (κ2) is 7.52. The third-order valence-electron chi connectivity index (χ3n) is 3.48. The van der Waals surface area contributed by atoms with Crippen molar-refractivity contribution in [2.75, 3.05) is 32.7 Å². The topological polar surface area (TPSA) is 50.2 Å². The number of rotatable bonds is 8. The lowest BCUT2D eigenvalue weighted by molar-refractivity contribution is 0.302. The molecule has 0 bridgehead atoms. The van der Waals surface area contributed by atoms with Gasteiger partial charge in [0.2, 0.25) is 0 Å². The number of nitrogens with one attached hydrogen (secondary N) is 1. The van der Waals surface area contributed by atoms with E-state index in [1.165, 1.54) is 11.3 Å². The maximum atomic E-state index is 12.1. The van der Waals surface area contributed by atoms with Crippen molar-refractivity contribution in [3.05, 3.63) is 28.1 Å². The first-order valence-corrected chi connectivity index (χ1v) is 8.00. The van der Waals surface area contributed by atoms with Crippen LogP contribution in [-0.4, -0.2) is 47.2 Å². The molecule has 0 saturated heterocycles. The molecule has 2 rings (SSSR count). The van der Waals surface area contributed by atoms with Crippen LogP contribution in [0.5, 0.6) is 0 Å². The first kappa shape index (κ1) is 15.2. The summed E-state index contributed by atoms with van der Waals surface area (Å²) < 4.78 is 1.68. The standard InChI is InChI=1S/C14H22N4OS/c1-3-17(4-2)8-6-15-7-9-18-11-16-13-12(14(18)19)5-10-20-13/h5,10-11,15H,3-4,6-9H2,1-2H3. The van der Waals surface area contributed by atoms with Gasteiger partial charge in [0, 0.05) is 26.2 Å². The Morgan fingerprint density at radius 2 is 2.15 bits per heavy atom. The highest BCUT2D eigenvalue weighted by molar-refractivity contribution is 7.16. The molecule has 0 aromatic carbocycles. The van der Waals surface area contributed by atoms with Crippen LogP contribution >= 0.6 is 11.3 Å². The molecule has 0 aliphatic rings. The highest BCUT2D eigenvalue weighted by Gasteiger charge is 2.04. The van der Waals surface area contributed by atoms with Gasteiger partial charge in [-0.3, -0.25) is 9.36 Å². The smallest absolute Gasteiger partial charge is 0.262 e. The number of fused-ring (bicyclic) bond motifs is 1. The van der Waals surface area contributed by atoms with Gasteiger partial charge in [-0.2, -0.15) is 0 Å². The van der Waals surface area contributed by atoms with Crippen molar-refractivity contribution < 1.29 is 0 Å². The predicted octanol–water partition coefficient (Wildman–Crippen LogP) is 1.39.